The minimum atomic E-state index is 0.973. The highest BCUT2D eigenvalue weighted by Crippen LogP contribution is 2.36. The Kier molecular flexibility index (Phi) is 2.53. The second-order valence-electron chi connectivity index (χ2n) is 5.30. The van der Waals surface area contributed by atoms with Gasteiger partial charge in [0.1, 0.15) is 11.2 Å². The van der Waals surface area contributed by atoms with E-state index in [-0.39, 0.29) is 0 Å². The van der Waals surface area contributed by atoms with Crippen LogP contribution in [-0.2, 0) is 6.42 Å². The van der Waals surface area contributed by atoms with Gasteiger partial charge in [0.05, 0.1) is 0 Å². The summed E-state index contributed by atoms with van der Waals surface area (Å²) in [6.07, 6.45) is 2.27. The molecule has 0 bridgehead atoms. The molecule has 0 aliphatic heterocycles. The van der Waals surface area contributed by atoms with E-state index < -0.39 is 0 Å². The van der Waals surface area contributed by atoms with Crippen molar-refractivity contribution in [1.29, 1.82) is 0 Å². The number of furan rings is 1. The van der Waals surface area contributed by atoms with E-state index >= 15 is 0 Å². The summed E-state index contributed by atoms with van der Waals surface area (Å²) >= 11 is 0. The highest BCUT2D eigenvalue weighted by Gasteiger charge is 2.12. The first-order chi connectivity index (χ1) is 9.88. The Bertz CT molecular complexity index is 915. The van der Waals surface area contributed by atoms with Gasteiger partial charge in [-0.25, -0.2) is 0 Å². The third kappa shape index (κ3) is 1.56. The van der Waals surface area contributed by atoms with Crippen molar-refractivity contribution in [2.24, 2.45) is 0 Å². The van der Waals surface area contributed by atoms with Crippen LogP contribution in [0.4, 0.5) is 0 Å². The summed E-state index contributed by atoms with van der Waals surface area (Å²) in [5.41, 5.74) is 3.38. The zero-order valence-corrected chi connectivity index (χ0v) is 11.5. The average molecular weight is 260 g/mol. The van der Waals surface area contributed by atoms with Gasteiger partial charge in [-0.2, -0.15) is 0 Å². The lowest BCUT2D eigenvalue weighted by Crippen LogP contribution is -1.86. The summed E-state index contributed by atoms with van der Waals surface area (Å²) in [4.78, 5) is 0. The number of benzene rings is 3. The quantitative estimate of drug-likeness (QED) is 0.451. The molecule has 4 aromatic rings. The smallest absolute Gasteiger partial charge is 0.136 e. The zero-order chi connectivity index (χ0) is 13.5. The monoisotopic (exact) mass is 260 g/mol. The topological polar surface area (TPSA) is 13.1 Å². The summed E-state index contributed by atoms with van der Waals surface area (Å²) < 4.78 is 5.99. The fraction of sp³-hybridized carbons (Fsp3) is 0.158. The second-order valence-corrected chi connectivity index (χ2v) is 5.30. The number of aryl methyl sites for hydroxylation is 1. The molecule has 1 aromatic heterocycles. The van der Waals surface area contributed by atoms with Crippen LogP contribution in [0.25, 0.3) is 32.7 Å². The third-order valence-corrected chi connectivity index (χ3v) is 3.99. The summed E-state index contributed by atoms with van der Waals surface area (Å²) in [5.74, 6) is 0. The lowest BCUT2D eigenvalue weighted by Gasteiger charge is -2.06. The van der Waals surface area contributed by atoms with E-state index in [1.54, 1.807) is 0 Å². The van der Waals surface area contributed by atoms with Gasteiger partial charge < -0.3 is 4.42 Å². The lowest BCUT2D eigenvalue weighted by atomic mass is 9.97. The van der Waals surface area contributed by atoms with Gasteiger partial charge in [0.15, 0.2) is 0 Å². The molecule has 1 heteroatoms. The highest BCUT2D eigenvalue weighted by molar-refractivity contribution is 6.19. The van der Waals surface area contributed by atoms with Crippen LogP contribution in [0.3, 0.4) is 0 Å². The molecule has 0 N–H and O–H groups in total. The van der Waals surface area contributed by atoms with Crippen molar-refractivity contribution in [3.8, 4) is 0 Å². The Morgan fingerprint density at radius 1 is 0.800 bits per heavy atom. The van der Waals surface area contributed by atoms with E-state index in [2.05, 4.69) is 49.4 Å². The Balaban J connectivity index is 2.26. The van der Waals surface area contributed by atoms with E-state index in [1.807, 2.05) is 12.1 Å². The molecular weight excluding hydrogens is 244 g/mol. The Labute approximate surface area is 117 Å². The molecule has 20 heavy (non-hydrogen) atoms. The molecule has 0 radical (unpaired) electrons. The lowest BCUT2D eigenvalue weighted by molar-refractivity contribution is 0.669. The van der Waals surface area contributed by atoms with Gasteiger partial charge in [-0.1, -0.05) is 55.8 Å². The minimum absolute atomic E-state index is 0.973. The van der Waals surface area contributed by atoms with Crippen LogP contribution in [-0.4, -0.2) is 0 Å². The van der Waals surface area contributed by atoms with Gasteiger partial charge in [0.2, 0.25) is 0 Å². The van der Waals surface area contributed by atoms with Crippen LogP contribution in [0.15, 0.2) is 59.0 Å². The van der Waals surface area contributed by atoms with Crippen LogP contribution >= 0.6 is 0 Å². The summed E-state index contributed by atoms with van der Waals surface area (Å²) in [6.45, 7) is 2.23. The largest absolute Gasteiger partial charge is 0.456 e. The van der Waals surface area contributed by atoms with Gasteiger partial charge in [0.25, 0.3) is 0 Å². The number of rotatable bonds is 2. The maximum absolute atomic E-state index is 5.99. The Hall–Kier alpha value is -2.28. The molecule has 0 amide bonds. The van der Waals surface area contributed by atoms with Crippen molar-refractivity contribution in [2.45, 2.75) is 19.8 Å². The Morgan fingerprint density at radius 3 is 2.60 bits per heavy atom. The minimum Gasteiger partial charge on any atom is -0.456 e. The second kappa shape index (κ2) is 4.38. The molecule has 0 spiro atoms. The maximum atomic E-state index is 5.99. The molecule has 0 unspecified atom stereocenters. The first-order valence-electron chi connectivity index (χ1n) is 7.20. The first kappa shape index (κ1) is 11.5. The van der Waals surface area contributed by atoms with E-state index in [0.717, 1.165) is 24.0 Å². The number of hydrogen-bond acceptors (Lipinski definition) is 1. The molecule has 0 fully saturated rings. The molecule has 98 valence electrons. The molecular formula is C19H16O. The van der Waals surface area contributed by atoms with Crippen LogP contribution in [0, 0.1) is 0 Å². The number of fused-ring (bicyclic) bond motifs is 5. The predicted octanol–water partition coefficient (Wildman–Crippen LogP) is 5.69. The molecule has 0 aliphatic carbocycles. The van der Waals surface area contributed by atoms with E-state index in [4.69, 9.17) is 4.42 Å². The summed E-state index contributed by atoms with van der Waals surface area (Å²) in [5, 5.41) is 5.14. The van der Waals surface area contributed by atoms with Gasteiger partial charge >= 0.3 is 0 Å². The Morgan fingerprint density at radius 2 is 1.70 bits per heavy atom. The van der Waals surface area contributed by atoms with Gasteiger partial charge in [-0.15, -0.1) is 0 Å². The van der Waals surface area contributed by atoms with Crippen molar-refractivity contribution in [2.75, 3.05) is 0 Å². The van der Waals surface area contributed by atoms with Crippen molar-refractivity contribution < 1.29 is 4.42 Å². The van der Waals surface area contributed by atoms with Gasteiger partial charge in [-0.3, -0.25) is 0 Å². The van der Waals surface area contributed by atoms with E-state index in [0.29, 0.717) is 0 Å². The van der Waals surface area contributed by atoms with Crippen LogP contribution in [0.2, 0.25) is 0 Å². The van der Waals surface area contributed by atoms with Crippen molar-refractivity contribution in [3.63, 3.8) is 0 Å². The van der Waals surface area contributed by atoms with E-state index in [1.165, 1.54) is 27.1 Å². The molecule has 4 rings (SSSR count). The summed E-state index contributed by atoms with van der Waals surface area (Å²) in [6, 6.07) is 19.2. The first-order valence-corrected chi connectivity index (χ1v) is 7.20. The molecule has 3 aromatic carbocycles. The number of para-hydroxylation sites is 1. The molecule has 0 saturated carbocycles. The van der Waals surface area contributed by atoms with Gasteiger partial charge in [0, 0.05) is 10.8 Å². The van der Waals surface area contributed by atoms with Crippen LogP contribution < -0.4 is 0 Å². The van der Waals surface area contributed by atoms with Gasteiger partial charge in [-0.05, 0) is 34.9 Å². The van der Waals surface area contributed by atoms with Crippen molar-refractivity contribution in [1.82, 2.24) is 0 Å². The fourth-order valence-corrected chi connectivity index (χ4v) is 3.15. The highest BCUT2D eigenvalue weighted by atomic mass is 16.3. The average Bonchev–Trinajstić information content (AvgIpc) is 2.86. The van der Waals surface area contributed by atoms with Crippen molar-refractivity contribution in [3.05, 3.63) is 60.2 Å². The zero-order valence-electron chi connectivity index (χ0n) is 11.5. The van der Waals surface area contributed by atoms with Crippen LogP contribution in [0.1, 0.15) is 18.9 Å². The third-order valence-electron chi connectivity index (χ3n) is 3.99. The molecule has 0 aliphatic rings. The molecule has 0 saturated heterocycles. The SMILES string of the molecule is CCCc1cccc2ccc3oc4ccccc4c3c12. The number of hydrogen-bond donors (Lipinski definition) is 0. The normalized spacial score (nSPS) is 11.7. The van der Waals surface area contributed by atoms with Crippen molar-refractivity contribution >= 4 is 32.7 Å². The summed E-state index contributed by atoms with van der Waals surface area (Å²) in [7, 11) is 0. The maximum Gasteiger partial charge on any atom is 0.136 e. The van der Waals surface area contributed by atoms with E-state index in [9.17, 15) is 0 Å². The molecule has 0 atom stereocenters. The predicted molar refractivity (Wildman–Crippen MR) is 85.2 cm³/mol. The molecule has 1 nitrogen and oxygen atoms in total. The standard InChI is InChI=1S/C19H16O/c1-2-6-13-7-5-8-14-11-12-17-19(18(13)14)15-9-3-4-10-16(15)20-17/h3-5,7-12H,2,6H2,1H3. The fourth-order valence-electron chi connectivity index (χ4n) is 3.15. The van der Waals surface area contributed by atoms with Crippen LogP contribution in [0.5, 0.6) is 0 Å². The molecule has 1 heterocycles.